The smallest absolute Gasteiger partial charge is 0.0484 e. The molecule has 0 atom stereocenters. The van der Waals surface area contributed by atoms with Gasteiger partial charge in [0.05, 0.1) is 0 Å². The summed E-state index contributed by atoms with van der Waals surface area (Å²) < 4.78 is 1.15. The third-order valence-electron chi connectivity index (χ3n) is 2.76. The van der Waals surface area contributed by atoms with Crippen LogP contribution >= 0.6 is 15.9 Å². The standard InChI is InChI=1S/C12H18BrN3/c13-12-3-1-2-11(8-12)9-15-10-16-6-4-14-5-7-16/h1-3,8,14-15H,4-7,9-10H2. The van der Waals surface area contributed by atoms with Gasteiger partial charge in [0, 0.05) is 43.9 Å². The molecule has 16 heavy (non-hydrogen) atoms. The van der Waals surface area contributed by atoms with Crippen LogP contribution in [-0.4, -0.2) is 37.7 Å². The van der Waals surface area contributed by atoms with Gasteiger partial charge >= 0.3 is 0 Å². The van der Waals surface area contributed by atoms with Gasteiger partial charge in [-0.2, -0.15) is 0 Å². The van der Waals surface area contributed by atoms with E-state index >= 15 is 0 Å². The SMILES string of the molecule is Brc1cccc(CNCN2CCNCC2)c1. The summed E-state index contributed by atoms with van der Waals surface area (Å²) in [6.45, 7) is 6.42. The Hall–Kier alpha value is -0.420. The Morgan fingerprint density at radius 1 is 1.31 bits per heavy atom. The Morgan fingerprint density at radius 3 is 2.88 bits per heavy atom. The van der Waals surface area contributed by atoms with Crippen molar-refractivity contribution in [3.8, 4) is 0 Å². The second-order valence-corrected chi connectivity index (χ2v) is 5.00. The van der Waals surface area contributed by atoms with Gasteiger partial charge in [0.1, 0.15) is 0 Å². The molecule has 1 heterocycles. The zero-order chi connectivity index (χ0) is 11.2. The molecule has 0 unspecified atom stereocenters. The molecule has 2 N–H and O–H groups in total. The van der Waals surface area contributed by atoms with E-state index in [2.05, 4.69) is 55.7 Å². The summed E-state index contributed by atoms with van der Waals surface area (Å²) >= 11 is 3.48. The van der Waals surface area contributed by atoms with Gasteiger partial charge in [-0.25, -0.2) is 0 Å². The van der Waals surface area contributed by atoms with E-state index in [0.29, 0.717) is 0 Å². The first kappa shape index (κ1) is 12.0. The molecule has 0 bridgehead atoms. The van der Waals surface area contributed by atoms with Crippen LogP contribution < -0.4 is 10.6 Å². The summed E-state index contributed by atoms with van der Waals surface area (Å²) in [5.41, 5.74) is 1.32. The Morgan fingerprint density at radius 2 is 2.12 bits per heavy atom. The topological polar surface area (TPSA) is 27.3 Å². The molecule has 0 radical (unpaired) electrons. The van der Waals surface area contributed by atoms with E-state index < -0.39 is 0 Å². The van der Waals surface area contributed by atoms with Crippen LogP contribution in [0.5, 0.6) is 0 Å². The van der Waals surface area contributed by atoms with E-state index in [0.717, 1.165) is 43.9 Å². The molecule has 0 aromatic heterocycles. The molecular formula is C12H18BrN3. The first-order chi connectivity index (χ1) is 7.84. The van der Waals surface area contributed by atoms with Crippen molar-refractivity contribution in [2.45, 2.75) is 6.54 Å². The van der Waals surface area contributed by atoms with E-state index in [1.165, 1.54) is 5.56 Å². The molecular weight excluding hydrogens is 266 g/mol. The first-order valence-corrected chi connectivity index (χ1v) is 6.52. The van der Waals surface area contributed by atoms with Crippen LogP contribution in [0.1, 0.15) is 5.56 Å². The van der Waals surface area contributed by atoms with Crippen LogP contribution in [0, 0.1) is 0 Å². The average molecular weight is 284 g/mol. The Labute approximate surface area is 105 Å². The monoisotopic (exact) mass is 283 g/mol. The van der Waals surface area contributed by atoms with E-state index in [9.17, 15) is 0 Å². The molecule has 0 spiro atoms. The molecule has 0 aliphatic carbocycles. The average Bonchev–Trinajstić information content (AvgIpc) is 2.30. The van der Waals surface area contributed by atoms with Crippen LogP contribution in [-0.2, 0) is 6.54 Å². The highest BCUT2D eigenvalue weighted by Crippen LogP contribution is 2.11. The van der Waals surface area contributed by atoms with Crippen molar-refractivity contribution in [3.05, 3.63) is 34.3 Å². The third-order valence-corrected chi connectivity index (χ3v) is 3.26. The number of hydrogen-bond donors (Lipinski definition) is 2. The second-order valence-electron chi connectivity index (χ2n) is 4.08. The fourth-order valence-corrected chi connectivity index (χ4v) is 2.32. The number of nitrogens with one attached hydrogen (secondary N) is 2. The van der Waals surface area contributed by atoms with Gasteiger partial charge in [-0.3, -0.25) is 4.90 Å². The number of nitrogens with zero attached hydrogens (tertiary/aromatic N) is 1. The highest BCUT2D eigenvalue weighted by molar-refractivity contribution is 9.10. The molecule has 1 fully saturated rings. The minimum atomic E-state index is 0.934. The van der Waals surface area contributed by atoms with Gasteiger partial charge in [-0.1, -0.05) is 28.1 Å². The van der Waals surface area contributed by atoms with E-state index in [1.807, 2.05) is 0 Å². The maximum atomic E-state index is 3.48. The molecule has 3 nitrogen and oxygen atoms in total. The van der Waals surface area contributed by atoms with Crippen molar-refractivity contribution >= 4 is 15.9 Å². The van der Waals surface area contributed by atoms with Crippen LogP contribution in [0.15, 0.2) is 28.7 Å². The molecule has 1 aromatic rings. The number of rotatable bonds is 4. The molecule has 0 amide bonds. The summed E-state index contributed by atoms with van der Waals surface area (Å²) in [5, 5.41) is 6.83. The van der Waals surface area contributed by atoms with E-state index in [4.69, 9.17) is 0 Å². The fraction of sp³-hybridized carbons (Fsp3) is 0.500. The van der Waals surface area contributed by atoms with Gasteiger partial charge in [-0.15, -0.1) is 0 Å². The lowest BCUT2D eigenvalue weighted by molar-refractivity contribution is 0.223. The van der Waals surface area contributed by atoms with Gasteiger partial charge in [0.2, 0.25) is 0 Å². The van der Waals surface area contributed by atoms with Crippen molar-refractivity contribution < 1.29 is 0 Å². The maximum Gasteiger partial charge on any atom is 0.0484 e. The predicted molar refractivity (Wildman–Crippen MR) is 70.3 cm³/mol. The summed E-state index contributed by atoms with van der Waals surface area (Å²) in [6.07, 6.45) is 0. The van der Waals surface area contributed by atoms with Crippen molar-refractivity contribution in [2.75, 3.05) is 32.8 Å². The van der Waals surface area contributed by atoms with Gasteiger partial charge < -0.3 is 10.6 Å². The summed E-state index contributed by atoms with van der Waals surface area (Å²) in [6, 6.07) is 8.44. The third kappa shape index (κ3) is 3.87. The molecule has 1 aliphatic rings. The number of hydrogen-bond acceptors (Lipinski definition) is 3. The summed E-state index contributed by atoms with van der Waals surface area (Å²) in [5.74, 6) is 0. The number of benzene rings is 1. The molecule has 88 valence electrons. The van der Waals surface area contributed by atoms with Gasteiger partial charge in [0.25, 0.3) is 0 Å². The van der Waals surface area contributed by atoms with Crippen molar-refractivity contribution in [1.29, 1.82) is 0 Å². The van der Waals surface area contributed by atoms with Crippen LogP contribution in [0.25, 0.3) is 0 Å². The normalized spacial score (nSPS) is 17.6. The van der Waals surface area contributed by atoms with Crippen molar-refractivity contribution in [3.63, 3.8) is 0 Å². The minimum Gasteiger partial charge on any atom is -0.314 e. The fourth-order valence-electron chi connectivity index (χ4n) is 1.87. The van der Waals surface area contributed by atoms with Crippen molar-refractivity contribution in [1.82, 2.24) is 15.5 Å². The van der Waals surface area contributed by atoms with Crippen LogP contribution in [0.2, 0.25) is 0 Å². The number of piperazine rings is 1. The number of halogens is 1. The minimum absolute atomic E-state index is 0.934. The van der Waals surface area contributed by atoms with Gasteiger partial charge in [0.15, 0.2) is 0 Å². The summed E-state index contributed by atoms with van der Waals surface area (Å²) in [4.78, 5) is 2.44. The highest BCUT2D eigenvalue weighted by Gasteiger charge is 2.07. The Kier molecular flexibility index (Phi) is 4.78. The lowest BCUT2D eigenvalue weighted by atomic mass is 10.2. The van der Waals surface area contributed by atoms with Gasteiger partial charge in [-0.05, 0) is 17.7 Å². The lowest BCUT2D eigenvalue weighted by Crippen LogP contribution is -2.46. The Bertz CT molecular complexity index is 324. The van der Waals surface area contributed by atoms with E-state index in [1.54, 1.807) is 0 Å². The largest absolute Gasteiger partial charge is 0.314 e. The highest BCUT2D eigenvalue weighted by atomic mass is 79.9. The molecule has 1 saturated heterocycles. The quantitative estimate of drug-likeness (QED) is 0.875. The summed E-state index contributed by atoms with van der Waals surface area (Å²) in [7, 11) is 0. The molecule has 4 heteroatoms. The first-order valence-electron chi connectivity index (χ1n) is 5.73. The zero-order valence-corrected chi connectivity index (χ0v) is 11.0. The predicted octanol–water partition coefficient (Wildman–Crippen LogP) is 1.40. The lowest BCUT2D eigenvalue weighted by Gasteiger charge is -2.27. The molecule has 1 aliphatic heterocycles. The zero-order valence-electron chi connectivity index (χ0n) is 9.38. The molecule has 2 rings (SSSR count). The molecule has 1 aromatic carbocycles. The van der Waals surface area contributed by atoms with Crippen molar-refractivity contribution in [2.24, 2.45) is 0 Å². The molecule has 0 saturated carbocycles. The second kappa shape index (κ2) is 6.35. The maximum absolute atomic E-state index is 3.48. The van der Waals surface area contributed by atoms with Crippen LogP contribution in [0.4, 0.5) is 0 Å². The van der Waals surface area contributed by atoms with Crippen LogP contribution in [0.3, 0.4) is 0 Å². The van der Waals surface area contributed by atoms with E-state index in [-0.39, 0.29) is 0 Å². The Balaban J connectivity index is 1.71.